The van der Waals surface area contributed by atoms with Crippen molar-refractivity contribution in [2.24, 2.45) is 5.92 Å². The fourth-order valence-electron chi connectivity index (χ4n) is 2.98. The Morgan fingerprint density at radius 2 is 1.78 bits per heavy atom. The van der Waals surface area contributed by atoms with Crippen molar-refractivity contribution in [3.63, 3.8) is 0 Å². The first-order valence-electron chi connectivity index (χ1n) is 9.08. The van der Waals surface area contributed by atoms with Gasteiger partial charge in [0, 0.05) is 36.0 Å². The molecular formula is C22H24N4O. The lowest BCUT2D eigenvalue weighted by Gasteiger charge is -2.11. The van der Waals surface area contributed by atoms with Crippen LogP contribution in [0.3, 0.4) is 0 Å². The fraction of sp³-hybridized carbons (Fsp3) is 0.273. The van der Waals surface area contributed by atoms with Crippen molar-refractivity contribution in [3.8, 4) is 0 Å². The average molecular weight is 360 g/mol. The molecule has 5 nitrogen and oxygen atoms in total. The molecule has 0 aliphatic heterocycles. The monoisotopic (exact) mass is 360 g/mol. The highest BCUT2D eigenvalue weighted by atomic mass is 16.1. The van der Waals surface area contributed by atoms with Crippen molar-refractivity contribution in [2.45, 2.75) is 34.1 Å². The van der Waals surface area contributed by atoms with Crippen LogP contribution in [0.4, 0.5) is 11.6 Å². The van der Waals surface area contributed by atoms with E-state index in [1.54, 1.807) is 30.9 Å². The molecule has 1 N–H and O–H groups in total. The molecule has 0 unspecified atom stereocenters. The van der Waals surface area contributed by atoms with Crippen LogP contribution < -0.4 is 5.32 Å². The second-order valence-electron chi connectivity index (χ2n) is 7.19. The van der Waals surface area contributed by atoms with Gasteiger partial charge in [0.05, 0.1) is 5.56 Å². The van der Waals surface area contributed by atoms with Crippen LogP contribution >= 0.6 is 0 Å². The lowest BCUT2D eigenvalue weighted by Crippen LogP contribution is -2.07. The summed E-state index contributed by atoms with van der Waals surface area (Å²) in [6.07, 6.45) is 7.46. The van der Waals surface area contributed by atoms with E-state index < -0.39 is 0 Å². The third kappa shape index (κ3) is 4.56. The molecule has 0 atom stereocenters. The first kappa shape index (κ1) is 18.7. The van der Waals surface area contributed by atoms with Gasteiger partial charge >= 0.3 is 0 Å². The van der Waals surface area contributed by atoms with Gasteiger partial charge in [0.25, 0.3) is 0 Å². The smallest absolute Gasteiger partial charge is 0.227 e. The van der Waals surface area contributed by atoms with Gasteiger partial charge in [-0.2, -0.15) is 0 Å². The van der Waals surface area contributed by atoms with Gasteiger partial charge in [0.2, 0.25) is 5.95 Å². The van der Waals surface area contributed by atoms with Crippen LogP contribution in [-0.2, 0) is 6.42 Å². The quantitative estimate of drug-likeness (QED) is 0.648. The van der Waals surface area contributed by atoms with Crippen LogP contribution in [0, 0.1) is 19.8 Å². The SMILES string of the molecule is Cc1cc(CC(C)C)ccc1Nc1ncc(C(=O)c2ccncc2C)cn1. The minimum atomic E-state index is -0.101. The molecule has 0 bridgehead atoms. The Labute approximate surface area is 159 Å². The fourth-order valence-corrected chi connectivity index (χ4v) is 2.98. The van der Waals surface area contributed by atoms with E-state index in [1.807, 2.05) is 6.92 Å². The Balaban J connectivity index is 1.75. The summed E-state index contributed by atoms with van der Waals surface area (Å²) in [6, 6.07) is 8.08. The molecule has 0 radical (unpaired) electrons. The van der Waals surface area contributed by atoms with Crippen molar-refractivity contribution in [2.75, 3.05) is 5.32 Å². The van der Waals surface area contributed by atoms with Gasteiger partial charge in [0.1, 0.15) is 0 Å². The predicted octanol–water partition coefficient (Wildman–Crippen LogP) is 4.66. The van der Waals surface area contributed by atoms with E-state index in [0.29, 0.717) is 23.0 Å². The molecule has 3 rings (SSSR count). The van der Waals surface area contributed by atoms with E-state index in [-0.39, 0.29) is 5.78 Å². The number of carbonyl (C=O) groups is 1. The highest BCUT2D eigenvalue weighted by Crippen LogP contribution is 2.21. The highest BCUT2D eigenvalue weighted by molar-refractivity contribution is 6.09. The highest BCUT2D eigenvalue weighted by Gasteiger charge is 2.13. The standard InChI is InChI=1S/C22H24N4O/c1-14(2)9-17-5-6-20(15(3)10-17)26-22-24-12-18(13-25-22)21(27)19-7-8-23-11-16(19)4/h5-8,10-14H,9H2,1-4H3,(H,24,25,26). The zero-order valence-electron chi connectivity index (χ0n) is 16.2. The van der Waals surface area contributed by atoms with Gasteiger partial charge in [-0.05, 0) is 55.0 Å². The zero-order chi connectivity index (χ0) is 19.4. The summed E-state index contributed by atoms with van der Waals surface area (Å²) in [6.45, 7) is 8.36. The van der Waals surface area contributed by atoms with Crippen LogP contribution in [0.25, 0.3) is 0 Å². The van der Waals surface area contributed by atoms with Crippen LogP contribution in [0.5, 0.6) is 0 Å². The Kier molecular flexibility index (Phi) is 5.60. The Morgan fingerprint density at radius 3 is 2.41 bits per heavy atom. The molecule has 3 aromatic rings. The maximum Gasteiger partial charge on any atom is 0.227 e. The number of rotatable bonds is 6. The Hall–Kier alpha value is -3.08. The summed E-state index contributed by atoms with van der Waals surface area (Å²) in [4.78, 5) is 25.2. The van der Waals surface area contributed by atoms with Gasteiger partial charge in [-0.25, -0.2) is 9.97 Å². The topological polar surface area (TPSA) is 67.8 Å². The van der Waals surface area contributed by atoms with Crippen molar-refractivity contribution in [1.82, 2.24) is 15.0 Å². The minimum absolute atomic E-state index is 0.101. The molecule has 0 aliphatic carbocycles. The molecule has 0 spiro atoms. The summed E-state index contributed by atoms with van der Waals surface area (Å²) in [5, 5.41) is 3.23. The number of nitrogens with one attached hydrogen (secondary N) is 1. The van der Waals surface area contributed by atoms with Crippen molar-refractivity contribution < 1.29 is 4.79 Å². The number of anilines is 2. The number of nitrogens with zero attached hydrogens (tertiary/aromatic N) is 3. The molecule has 2 heterocycles. The lowest BCUT2D eigenvalue weighted by atomic mass is 10.0. The number of pyridine rings is 1. The molecule has 5 heteroatoms. The largest absolute Gasteiger partial charge is 0.324 e. The Morgan fingerprint density at radius 1 is 1.04 bits per heavy atom. The molecule has 0 saturated heterocycles. The first-order valence-corrected chi connectivity index (χ1v) is 9.08. The van der Waals surface area contributed by atoms with E-state index in [9.17, 15) is 4.79 Å². The summed E-state index contributed by atoms with van der Waals surface area (Å²) in [5.74, 6) is 0.994. The van der Waals surface area contributed by atoms with Crippen molar-refractivity contribution >= 4 is 17.4 Å². The van der Waals surface area contributed by atoms with Gasteiger partial charge in [-0.1, -0.05) is 26.0 Å². The normalized spacial score (nSPS) is 10.9. The minimum Gasteiger partial charge on any atom is -0.324 e. The van der Waals surface area contributed by atoms with Crippen LogP contribution in [-0.4, -0.2) is 20.7 Å². The second-order valence-corrected chi connectivity index (χ2v) is 7.19. The van der Waals surface area contributed by atoms with Crippen LogP contribution in [0.15, 0.2) is 49.1 Å². The second kappa shape index (κ2) is 8.08. The molecule has 0 fully saturated rings. The molecule has 0 amide bonds. The van der Waals surface area contributed by atoms with E-state index in [4.69, 9.17) is 0 Å². The summed E-state index contributed by atoms with van der Waals surface area (Å²) in [5.41, 5.74) is 5.34. The Bertz CT molecular complexity index is 949. The van der Waals surface area contributed by atoms with E-state index in [0.717, 1.165) is 23.2 Å². The van der Waals surface area contributed by atoms with Gasteiger partial charge < -0.3 is 5.32 Å². The summed E-state index contributed by atoms with van der Waals surface area (Å²) in [7, 11) is 0. The molecule has 1 aromatic carbocycles. The van der Waals surface area contributed by atoms with Crippen LogP contribution in [0.1, 0.15) is 46.5 Å². The molecule has 0 saturated carbocycles. The number of hydrogen-bond donors (Lipinski definition) is 1. The molecule has 27 heavy (non-hydrogen) atoms. The summed E-state index contributed by atoms with van der Waals surface area (Å²) < 4.78 is 0. The molecular weight excluding hydrogens is 336 g/mol. The maximum atomic E-state index is 12.6. The lowest BCUT2D eigenvalue weighted by molar-refractivity contribution is 0.103. The van der Waals surface area contributed by atoms with E-state index in [1.165, 1.54) is 5.56 Å². The van der Waals surface area contributed by atoms with Gasteiger partial charge in [0.15, 0.2) is 5.78 Å². The average Bonchev–Trinajstić information content (AvgIpc) is 2.64. The number of aryl methyl sites for hydroxylation is 2. The third-order valence-corrected chi connectivity index (χ3v) is 4.36. The molecule has 2 aromatic heterocycles. The van der Waals surface area contributed by atoms with Crippen molar-refractivity contribution in [3.05, 3.63) is 76.9 Å². The maximum absolute atomic E-state index is 12.6. The number of benzene rings is 1. The number of carbonyl (C=O) groups excluding carboxylic acids is 1. The van der Waals surface area contributed by atoms with Crippen molar-refractivity contribution in [1.29, 1.82) is 0 Å². The van der Waals surface area contributed by atoms with Gasteiger partial charge in [-0.3, -0.25) is 9.78 Å². The number of hydrogen-bond acceptors (Lipinski definition) is 5. The summed E-state index contributed by atoms with van der Waals surface area (Å²) >= 11 is 0. The zero-order valence-corrected chi connectivity index (χ0v) is 16.2. The van der Waals surface area contributed by atoms with Crippen LogP contribution in [0.2, 0.25) is 0 Å². The first-order chi connectivity index (χ1) is 12.9. The number of aromatic nitrogens is 3. The molecule has 138 valence electrons. The predicted molar refractivity (Wildman–Crippen MR) is 107 cm³/mol. The van der Waals surface area contributed by atoms with E-state index >= 15 is 0 Å². The number of ketones is 1. The van der Waals surface area contributed by atoms with Gasteiger partial charge in [-0.15, -0.1) is 0 Å². The van der Waals surface area contributed by atoms with E-state index in [2.05, 4.69) is 59.2 Å². The molecule has 0 aliphatic rings. The third-order valence-electron chi connectivity index (χ3n) is 4.36.